The van der Waals surface area contributed by atoms with Crippen molar-refractivity contribution in [2.24, 2.45) is 7.05 Å². The van der Waals surface area contributed by atoms with Gasteiger partial charge in [-0.15, -0.1) is 5.10 Å². The van der Waals surface area contributed by atoms with Crippen molar-refractivity contribution in [2.75, 3.05) is 30.3 Å². The maximum absolute atomic E-state index is 9.79. The summed E-state index contributed by atoms with van der Waals surface area (Å²) in [6.45, 7) is 5.81. The van der Waals surface area contributed by atoms with Gasteiger partial charge in [-0.05, 0) is 37.3 Å². The van der Waals surface area contributed by atoms with Crippen LogP contribution in [-0.4, -0.2) is 59.9 Å². The van der Waals surface area contributed by atoms with Crippen LogP contribution in [0.1, 0.15) is 18.2 Å². The molecule has 1 atom stereocenters. The van der Waals surface area contributed by atoms with Crippen LogP contribution in [0.4, 0.5) is 11.6 Å². The molecule has 0 saturated carbocycles. The smallest absolute Gasteiger partial charge is 0.164 e. The summed E-state index contributed by atoms with van der Waals surface area (Å²) >= 11 is 0. The van der Waals surface area contributed by atoms with Gasteiger partial charge in [0.25, 0.3) is 0 Å². The van der Waals surface area contributed by atoms with Crippen molar-refractivity contribution in [2.45, 2.75) is 19.5 Å². The summed E-state index contributed by atoms with van der Waals surface area (Å²) in [7, 11) is 1.88. The highest BCUT2D eigenvalue weighted by atomic mass is 15.3. The Balaban J connectivity index is 1.29. The summed E-state index contributed by atoms with van der Waals surface area (Å²) in [6.07, 6.45) is 9.34. The molecule has 5 aromatic heterocycles. The van der Waals surface area contributed by atoms with Crippen molar-refractivity contribution in [1.82, 2.24) is 34.3 Å². The maximum Gasteiger partial charge on any atom is 0.164 e. The number of rotatable bonds is 5. The van der Waals surface area contributed by atoms with Crippen LogP contribution in [0.5, 0.6) is 0 Å². The zero-order chi connectivity index (χ0) is 26.2. The molecule has 1 saturated heterocycles. The summed E-state index contributed by atoms with van der Waals surface area (Å²) in [5.74, 6) is 1.14. The molecule has 190 valence electrons. The predicted molar refractivity (Wildman–Crippen MR) is 146 cm³/mol. The van der Waals surface area contributed by atoms with E-state index in [1.165, 1.54) is 0 Å². The first-order chi connectivity index (χ1) is 18.5. The molecule has 0 aromatic carbocycles. The lowest BCUT2D eigenvalue weighted by Gasteiger charge is -2.40. The molecule has 0 bridgehead atoms. The first kappa shape index (κ1) is 23.6. The van der Waals surface area contributed by atoms with Crippen LogP contribution < -0.4 is 10.6 Å². The van der Waals surface area contributed by atoms with Gasteiger partial charge in [0, 0.05) is 86.3 Å². The van der Waals surface area contributed by atoms with Gasteiger partial charge < -0.3 is 10.6 Å². The lowest BCUT2D eigenvalue weighted by atomic mass is 10.0. The van der Waals surface area contributed by atoms with Gasteiger partial charge in [-0.25, -0.2) is 9.50 Å². The second-order valence-electron chi connectivity index (χ2n) is 9.70. The Labute approximate surface area is 220 Å². The van der Waals surface area contributed by atoms with Gasteiger partial charge in [-0.3, -0.25) is 14.6 Å². The Bertz CT molecular complexity index is 1630. The van der Waals surface area contributed by atoms with Crippen molar-refractivity contribution < 1.29 is 0 Å². The molecule has 10 heteroatoms. The van der Waals surface area contributed by atoms with Crippen LogP contribution in [0.15, 0.2) is 67.4 Å². The molecule has 1 aliphatic rings. The largest absolute Gasteiger partial charge is 0.381 e. The van der Waals surface area contributed by atoms with Gasteiger partial charge in [0.1, 0.15) is 17.5 Å². The first-order valence-electron chi connectivity index (χ1n) is 12.6. The van der Waals surface area contributed by atoms with E-state index in [-0.39, 0.29) is 5.82 Å². The predicted octanol–water partition coefficient (Wildman–Crippen LogP) is 3.36. The summed E-state index contributed by atoms with van der Waals surface area (Å²) in [5, 5.41) is 18.5. The molecule has 1 aliphatic heterocycles. The normalized spacial score (nSPS) is 16.1. The minimum absolute atomic E-state index is 0.208. The number of hydrogen-bond acceptors (Lipinski definition) is 8. The number of fused-ring (bicyclic) bond motifs is 1. The van der Waals surface area contributed by atoms with Crippen molar-refractivity contribution in [1.29, 1.82) is 5.26 Å². The molecule has 10 nitrogen and oxygen atoms in total. The number of anilines is 2. The van der Waals surface area contributed by atoms with Crippen LogP contribution in [0.25, 0.3) is 27.8 Å². The molecular weight excluding hydrogens is 476 g/mol. The van der Waals surface area contributed by atoms with Crippen molar-refractivity contribution in [3.63, 3.8) is 0 Å². The SMILES string of the molecule is C[C@@H]1CN(c2ccc(-c3cc(-c4cnn(C)c4)cn4nc(N)c(C#N)c34)cn2)CCN1Cc1ccccn1. The van der Waals surface area contributed by atoms with Crippen LogP contribution in [0.3, 0.4) is 0 Å². The number of nitrogens with zero attached hydrogens (tertiary/aromatic N) is 9. The maximum atomic E-state index is 9.79. The number of nitriles is 1. The van der Waals surface area contributed by atoms with Crippen LogP contribution in [0.2, 0.25) is 0 Å². The van der Waals surface area contributed by atoms with Gasteiger partial charge >= 0.3 is 0 Å². The fourth-order valence-electron chi connectivity index (χ4n) is 5.13. The van der Waals surface area contributed by atoms with Crippen molar-refractivity contribution in [3.8, 4) is 28.3 Å². The van der Waals surface area contributed by atoms with E-state index >= 15 is 0 Å². The molecular formula is C28H28N10. The molecule has 5 aromatic rings. The molecule has 6 heterocycles. The van der Waals surface area contributed by atoms with E-state index in [0.29, 0.717) is 17.1 Å². The van der Waals surface area contributed by atoms with Gasteiger partial charge in [0.15, 0.2) is 5.82 Å². The Morgan fingerprint density at radius 3 is 2.63 bits per heavy atom. The monoisotopic (exact) mass is 504 g/mol. The van der Waals surface area contributed by atoms with E-state index in [1.54, 1.807) is 15.4 Å². The molecule has 0 aliphatic carbocycles. The molecule has 6 rings (SSSR count). The Morgan fingerprint density at radius 1 is 1.05 bits per heavy atom. The van der Waals surface area contributed by atoms with E-state index in [2.05, 4.69) is 56.2 Å². The topological polar surface area (TPSA) is 117 Å². The van der Waals surface area contributed by atoms with E-state index in [0.717, 1.165) is 59.9 Å². The third-order valence-electron chi connectivity index (χ3n) is 7.14. The standard InChI is InChI=1S/C28H28N10/c1-19-15-37(10-9-36(19)18-23-5-3-4-8-31-23)26-7-6-20(13-32-26)24-11-21(22-14-33-35(2)16-22)17-38-27(24)25(12-29)28(30)34-38/h3-8,11,13-14,16-17,19H,9-10,15,18H2,1-2H3,(H2,30,34)/t19-/m1/s1. The molecule has 0 radical (unpaired) electrons. The average Bonchev–Trinajstić information content (AvgIpc) is 3.51. The first-order valence-corrected chi connectivity index (χ1v) is 12.6. The van der Waals surface area contributed by atoms with Crippen LogP contribution in [-0.2, 0) is 13.6 Å². The number of nitrogen functional groups attached to an aromatic ring is 1. The number of piperazine rings is 1. The van der Waals surface area contributed by atoms with Gasteiger partial charge in [0.2, 0.25) is 0 Å². The highest BCUT2D eigenvalue weighted by Crippen LogP contribution is 2.34. The Kier molecular flexibility index (Phi) is 5.98. The summed E-state index contributed by atoms with van der Waals surface area (Å²) in [5.41, 5.74) is 11.8. The fourth-order valence-corrected chi connectivity index (χ4v) is 5.13. The summed E-state index contributed by atoms with van der Waals surface area (Å²) < 4.78 is 3.44. The Hall–Kier alpha value is -4.75. The van der Waals surface area contributed by atoms with E-state index in [1.807, 2.05) is 50.0 Å². The second kappa shape index (κ2) is 9.61. The minimum Gasteiger partial charge on any atom is -0.381 e. The van der Waals surface area contributed by atoms with Crippen LogP contribution in [0, 0.1) is 11.3 Å². The third kappa shape index (κ3) is 4.33. The zero-order valence-corrected chi connectivity index (χ0v) is 21.4. The van der Waals surface area contributed by atoms with Gasteiger partial charge in [-0.1, -0.05) is 6.07 Å². The quantitative estimate of drug-likeness (QED) is 0.387. The molecule has 1 fully saturated rings. The second-order valence-corrected chi connectivity index (χ2v) is 9.70. The molecule has 0 amide bonds. The lowest BCUT2D eigenvalue weighted by molar-refractivity contribution is 0.178. The fraction of sp³-hybridized carbons (Fsp3) is 0.250. The number of pyridine rings is 3. The van der Waals surface area contributed by atoms with E-state index < -0.39 is 0 Å². The average molecular weight is 505 g/mol. The van der Waals surface area contributed by atoms with Gasteiger partial charge in [0.05, 0.1) is 17.4 Å². The molecule has 0 unspecified atom stereocenters. The highest BCUT2D eigenvalue weighted by molar-refractivity contribution is 5.90. The number of nitrogens with two attached hydrogens (primary N) is 1. The number of aromatic nitrogens is 6. The number of hydrogen-bond donors (Lipinski definition) is 1. The molecule has 0 spiro atoms. The van der Waals surface area contributed by atoms with Crippen molar-refractivity contribution >= 4 is 17.2 Å². The molecule has 2 N–H and O–H groups in total. The van der Waals surface area contributed by atoms with E-state index in [4.69, 9.17) is 10.7 Å². The third-order valence-corrected chi connectivity index (χ3v) is 7.14. The lowest BCUT2D eigenvalue weighted by Crippen LogP contribution is -2.51. The van der Waals surface area contributed by atoms with Crippen molar-refractivity contribution in [3.05, 3.63) is 78.6 Å². The summed E-state index contributed by atoms with van der Waals surface area (Å²) in [6, 6.07) is 14.8. The number of aryl methyl sites for hydroxylation is 1. The van der Waals surface area contributed by atoms with Crippen LogP contribution >= 0.6 is 0 Å². The minimum atomic E-state index is 0.208. The zero-order valence-electron chi connectivity index (χ0n) is 21.4. The summed E-state index contributed by atoms with van der Waals surface area (Å²) in [4.78, 5) is 14.1. The highest BCUT2D eigenvalue weighted by Gasteiger charge is 2.25. The van der Waals surface area contributed by atoms with E-state index in [9.17, 15) is 5.26 Å². The molecule has 38 heavy (non-hydrogen) atoms. The Morgan fingerprint density at radius 2 is 1.95 bits per heavy atom. The van der Waals surface area contributed by atoms with Gasteiger partial charge in [-0.2, -0.15) is 10.4 Å².